The van der Waals surface area contributed by atoms with E-state index in [1.807, 2.05) is 0 Å². The summed E-state index contributed by atoms with van der Waals surface area (Å²) in [6, 6.07) is 0.579. The molecule has 0 fully saturated rings. The topological polar surface area (TPSA) is 53.4 Å². The number of rotatable bonds is 0. The van der Waals surface area contributed by atoms with Gasteiger partial charge in [0.15, 0.2) is 5.69 Å². The zero-order valence-electron chi connectivity index (χ0n) is 5.63. The maximum atomic E-state index is 11.9. The highest BCUT2D eigenvalue weighted by molar-refractivity contribution is 5.34. The van der Waals surface area contributed by atoms with E-state index in [2.05, 4.69) is 4.98 Å². The van der Waals surface area contributed by atoms with Crippen molar-refractivity contribution in [3.63, 3.8) is 0 Å². The van der Waals surface area contributed by atoms with E-state index < -0.39 is 23.4 Å². The van der Waals surface area contributed by atoms with Crippen molar-refractivity contribution in [1.82, 2.24) is 4.98 Å². The molecule has 2 N–H and O–H groups in total. The molecular weight excluding hydrogens is 175 g/mol. The van der Waals surface area contributed by atoms with E-state index in [9.17, 15) is 13.2 Å². The summed E-state index contributed by atoms with van der Waals surface area (Å²) >= 11 is 0. The van der Waals surface area contributed by atoms with Crippen molar-refractivity contribution < 1.29 is 23.4 Å². The summed E-state index contributed by atoms with van der Waals surface area (Å²) < 4.78 is 35.6. The third-order valence-corrected chi connectivity index (χ3v) is 1.12. The Morgan fingerprint density at radius 3 is 2.25 bits per heavy atom. The fraction of sp³-hybridized carbons (Fsp3) is 0.167. The molecule has 0 spiro atoms. The molecule has 1 aromatic heterocycles. The molecule has 12 heavy (non-hydrogen) atoms. The lowest BCUT2D eigenvalue weighted by atomic mass is 10.3. The van der Waals surface area contributed by atoms with Crippen LogP contribution in [0.1, 0.15) is 5.69 Å². The summed E-state index contributed by atoms with van der Waals surface area (Å²) in [6.07, 6.45) is -4.08. The van der Waals surface area contributed by atoms with Crippen LogP contribution in [0.5, 0.6) is 11.5 Å². The van der Waals surface area contributed by atoms with Gasteiger partial charge in [0.25, 0.3) is 0 Å². The molecular formula is C6H4F3NO2. The lowest BCUT2D eigenvalue weighted by Crippen LogP contribution is -2.07. The van der Waals surface area contributed by atoms with Gasteiger partial charge in [-0.15, -0.1) is 0 Å². The Hall–Kier alpha value is -1.46. The van der Waals surface area contributed by atoms with Gasteiger partial charge in [-0.05, 0) is 0 Å². The van der Waals surface area contributed by atoms with Crippen LogP contribution >= 0.6 is 0 Å². The smallest absolute Gasteiger partial charge is 0.437 e. The first-order valence-electron chi connectivity index (χ1n) is 2.86. The van der Waals surface area contributed by atoms with E-state index in [1.54, 1.807) is 0 Å². The Balaban J connectivity index is 3.19. The van der Waals surface area contributed by atoms with Crippen molar-refractivity contribution in [2.24, 2.45) is 0 Å². The van der Waals surface area contributed by atoms with Crippen molar-refractivity contribution in [2.75, 3.05) is 0 Å². The Morgan fingerprint density at radius 1 is 1.25 bits per heavy atom. The molecule has 0 unspecified atom stereocenters. The highest BCUT2D eigenvalue weighted by Gasteiger charge is 2.35. The van der Waals surface area contributed by atoms with Crippen LogP contribution in [-0.4, -0.2) is 15.2 Å². The molecule has 0 atom stereocenters. The third kappa shape index (κ3) is 1.58. The lowest BCUT2D eigenvalue weighted by Gasteiger charge is -2.06. The highest BCUT2D eigenvalue weighted by Crippen LogP contribution is 2.34. The van der Waals surface area contributed by atoms with Gasteiger partial charge in [-0.2, -0.15) is 13.2 Å². The molecule has 66 valence electrons. The summed E-state index contributed by atoms with van der Waals surface area (Å²) in [5, 5.41) is 17.3. The van der Waals surface area contributed by atoms with Crippen LogP contribution in [0.4, 0.5) is 13.2 Å². The molecule has 0 bridgehead atoms. The van der Waals surface area contributed by atoms with E-state index in [4.69, 9.17) is 10.2 Å². The van der Waals surface area contributed by atoms with Gasteiger partial charge in [0.05, 0.1) is 6.20 Å². The van der Waals surface area contributed by atoms with Gasteiger partial charge in [-0.3, -0.25) is 0 Å². The SMILES string of the molecule is Oc1cnc(C(F)(F)F)c(O)c1. The molecule has 1 heterocycles. The second-order valence-electron chi connectivity index (χ2n) is 2.06. The minimum absolute atomic E-state index is 0.513. The minimum atomic E-state index is -4.70. The monoisotopic (exact) mass is 179 g/mol. The van der Waals surface area contributed by atoms with Gasteiger partial charge in [0.1, 0.15) is 11.5 Å². The van der Waals surface area contributed by atoms with Crippen molar-refractivity contribution >= 4 is 0 Å². The number of alkyl halides is 3. The first-order chi connectivity index (χ1) is 5.41. The highest BCUT2D eigenvalue weighted by atomic mass is 19.4. The summed E-state index contributed by atoms with van der Waals surface area (Å²) in [4.78, 5) is 2.82. The predicted molar refractivity (Wildman–Crippen MR) is 32.6 cm³/mol. The zero-order valence-corrected chi connectivity index (χ0v) is 5.63. The third-order valence-electron chi connectivity index (χ3n) is 1.12. The number of hydrogen-bond acceptors (Lipinski definition) is 3. The fourth-order valence-corrected chi connectivity index (χ4v) is 0.661. The van der Waals surface area contributed by atoms with Gasteiger partial charge >= 0.3 is 6.18 Å². The molecule has 0 aromatic carbocycles. The first-order valence-corrected chi connectivity index (χ1v) is 2.86. The van der Waals surface area contributed by atoms with E-state index in [-0.39, 0.29) is 0 Å². The number of halogens is 3. The van der Waals surface area contributed by atoms with Crippen molar-refractivity contribution in [2.45, 2.75) is 6.18 Å². The lowest BCUT2D eigenvalue weighted by molar-refractivity contribution is -0.142. The van der Waals surface area contributed by atoms with Crippen LogP contribution in [0.2, 0.25) is 0 Å². The molecule has 0 aliphatic rings. The normalized spacial score (nSPS) is 11.6. The second kappa shape index (κ2) is 2.54. The minimum Gasteiger partial charge on any atom is -0.506 e. The van der Waals surface area contributed by atoms with Crippen LogP contribution < -0.4 is 0 Å². The van der Waals surface area contributed by atoms with Crippen LogP contribution in [0, 0.1) is 0 Å². The number of pyridine rings is 1. The molecule has 6 heteroatoms. The maximum Gasteiger partial charge on any atom is 0.437 e. The second-order valence-corrected chi connectivity index (χ2v) is 2.06. The van der Waals surface area contributed by atoms with E-state index >= 15 is 0 Å². The Morgan fingerprint density at radius 2 is 1.83 bits per heavy atom. The number of hydrogen-bond donors (Lipinski definition) is 2. The van der Waals surface area contributed by atoms with E-state index in [0.717, 1.165) is 0 Å². The summed E-state index contributed by atoms with van der Waals surface area (Å²) in [5.41, 5.74) is -1.40. The average molecular weight is 179 g/mol. The van der Waals surface area contributed by atoms with E-state index in [0.29, 0.717) is 12.3 Å². The van der Waals surface area contributed by atoms with Gasteiger partial charge in [0, 0.05) is 6.07 Å². The van der Waals surface area contributed by atoms with Gasteiger partial charge in [-0.25, -0.2) is 4.98 Å². The number of aromatic hydroxyl groups is 2. The van der Waals surface area contributed by atoms with Crippen molar-refractivity contribution in [3.05, 3.63) is 18.0 Å². The van der Waals surface area contributed by atoms with Crippen LogP contribution in [-0.2, 0) is 6.18 Å². The molecule has 0 aliphatic carbocycles. The summed E-state index contributed by atoms with van der Waals surface area (Å²) in [7, 11) is 0. The van der Waals surface area contributed by atoms with Gasteiger partial charge in [-0.1, -0.05) is 0 Å². The Labute approximate surface area is 65.1 Å². The fourth-order valence-electron chi connectivity index (χ4n) is 0.661. The molecule has 1 aromatic rings. The largest absolute Gasteiger partial charge is 0.506 e. The molecule has 3 nitrogen and oxygen atoms in total. The van der Waals surface area contributed by atoms with Crippen molar-refractivity contribution in [3.8, 4) is 11.5 Å². The molecule has 0 radical (unpaired) electrons. The predicted octanol–water partition coefficient (Wildman–Crippen LogP) is 1.51. The van der Waals surface area contributed by atoms with Crippen LogP contribution in [0.15, 0.2) is 12.3 Å². The quantitative estimate of drug-likeness (QED) is 0.634. The van der Waals surface area contributed by atoms with Crippen LogP contribution in [0.3, 0.4) is 0 Å². The standard InChI is InChI=1S/C6H4F3NO2/c7-6(8,9)5-4(12)1-3(11)2-10-5/h1-2,11-12H. The number of aromatic nitrogens is 1. The van der Waals surface area contributed by atoms with Crippen LogP contribution in [0.25, 0.3) is 0 Å². The molecule has 0 aliphatic heterocycles. The molecule has 0 amide bonds. The Kier molecular flexibility index (Phi) is 1.83. The molecule has 1 rings (SSSR count). The summed E-state index contributed by atoms with van der Waals surface area (Å²) in [6.45, 7) is 0. The first kappa shape index (κ1) is 8.63. The number of nitrogens with zero attached hydrogens (tertiary/aromatic N) is 1. The van der Waals surface area contributed by atoms with Crippen molar-refractivity contribution in [1.29, 1.82) is 0 Å². The zero-order chi connectivity index (χ0) is 9.35. The van der Waals surface area contributed by atoms with Gasteiger partial charge < -0.3 is 10.2 Å². The van der Waals surface area contributed by atoms with E-state index in [1.165, 1.54) is 0 Å². The molecule has 0 saturated carbocycles. The molecule has 0 saturated heterocycles. The Bertz CT molecular complexity index is 297. The maximum absolute atomic E-state index is 11.9. The average Bonchev–Trinajstić information content (AvgIpc) is 1.83. The van der Waals surface area contributed by atoms with Gasteiger partial charge in [0.2, 0.25) is 0 Å². The summed E-state index contributed by atoms with van der Waals surface area (Å²) in [5.74, 6) is -1.59.